The highest BCUT2D eigenvalue weighted by Gasteiger charge is 2.11. The van der Waals surface area contributed by atoms with Gasteiger partial charge in [-0.25, -0.2) is 0 Å². The molecule has 6 heteroatoms. The van der Waals surface area contributed by atoms with Crippen LogP contribution in [0.5, 0.6) is 0 Å². The van der Waals surface area contributed by atoms with E-state index in [1.54, 1.807) is 0 Å². The second kappa shape index (κ2) is 7.49. The summed E-state index contributed by atoms with van der Waals surface area (Å²) in [6.45, 7) is 6.00. The Morgan fingerprint density at radius 3 is 2.14 bits per heavy atom. The lowest BCUT2D eigenvalue weighted by Crippen LogP contribution is -2.43. The number of rotatable bonds is 4. The molecule has 2 amide bonds. The van der Waals surface area contributed by atoms with Crippen molar-refractivity contribution >= 4 is 23.2 Å². The van der Waals surface area contributed by atoms with Crippen LogP contribution in [-0.4, -0.2) is 24.9 Å². The molecule has 1 aliphatic heterocycles. The van der Waals surface area contributed by atoms with E-state index in [-0.39, 0.29) is 0 Å². The van der Waals surface area contributed by atoms with Crippen molar-refractivity contribution in [2.24, 2.45) is 5.73 Å². The van der Waals surface area contributed by atoms with Gasteiger partial charge < -0.3 is 10.6 Å². The molecule has 22 heavy (non-hydrogen) atoms. The van der Waals surface area contributed by atoms with Gasteiger partial charge in [0.15, 0.2) is 0 Å². The average Bonchev–Trinajstić information content (AvgIpc) is 2.81. The van der Waals surface area contributed by atoms with Gasteiger partial charge in [-0.2, -0.15) is 0 Å². The van der Waals surface area contributed by atoms with Crippen molar-refractivity contribution in [2.75, 3.05) is 18.0 Å². The first kappa shape index (κ1) is 15.9. The van der Waals surface area contributed by atoms with Crippen molar-refractivity contribution in [3.05, 3.63) is 36.4 Å². The van der Waals surface area contributed by atoms with E-state index in [4.69, 9.17) is 5.73 Å². The fraction of sp³-hybridized carbons (Fsp3) is 0.375. The number of anilines is 1. The number of nitrogens with one attached hydrogen (secondary N) is 2. The number of hydrogen-bond acceptors (Lipinski definition) is 4. The normalized spacial score (nSPS) is 14.8. The van der Waals surface area contributed by atoms with Crippen LogP contribution in [0.15, 0.2) is 30.8 Å². The van der Waals surface area contributed by atoms with Crippen LogP contribution in [0.1, 0.15) is 31.2 Å². The first-order valence-electron chi connectivity index (χ1n) is 7.48. The summed E-state index contributed by atoms with van der Waals surface area (Å²) in [5.74, 6) is -1.95. The number of carbonyl (C=O) groups is 2. The van der Waals surface area contributed by atoms with Gasteiger partial charge in [0, 0.05) is 18.8 Å². The molecular formula is C16H22N4O2. The fourth-order valence-electron chi connectivity index (χ4n) is 2.47. The van der Waals surface area contributed by atoms with Crippen LogP contribution in [0, 0.1) is 0 Å². The van der Waals surface area contributed by atoms with Crippen LogP contribution in [0.2, 0.25) is 0 Å². The minimum atomic E-state index is -1.04. The summed E-state index contributed by atoms with van der Waals surface area (Å²) in [4.78, 5) is 24.1. The van der Waals surface area contributed by atoms with Gasteiger partial charge in [-0.05, 0) is 30.5 Å². The van der Waals surface area contributed by atoms with Gasteiger partial charge in [0.2, 0.25) is 0 Å². The van der Waals surface area contributed by atoms with Gasteiger partial charge >= 0.3 is 11.8 Å². The third-order valence-corrected chi connectivity index (χ3v) is 3.74. The Balaban J connectivity index is 1.94. The largest absolute Gasteiger partial charge is 0.372 e. The summed E-state index contributed by atoms with van der Waals surface area (Å²) in [7, 11) is 0. The highest BCUT2D eigenvalue weighted by atomic mass is 16.2. The number of primary amides is 1. The molecule has 0 bridgehead atoms. The molecule has 0 saturated carbocycles. The summed E-state index contributed by atoms with van der Waals surface area (Å²) >= 11 is 0. The number of carbonyl (C=O) groups excluding carboxylic acids is 2. The Morgan fingerprint density at radius 1 is 1.00 bits per heavy atom. The lowest BCUT2D eigenvalue weighted by Gasteiger charge is -2.23. The quantitative estimate of drug-likeness (QED) is 0.575. The third-order valence-electron chi connectivity index (χ3n) is 3.74. The number of hydrazine groups is 1. The Kier molecular flexibility index (Phi) is 5.41. The summed E-state index contributed by atoms with van der Waals surface area (Å²) in [5, 5.41) is 0. The molecule has 1 fully saturated rings. The second-order valence-corrected chi connectivity index (χ2v) is 5.37. The van der Waals surface area contributed by atoms with Gasteiger partial charge in [0.1, 0.15) is 0 Å². The van der Waals surface area contributed by atoms with Gasteiger partial charge in [-0.3, -0.25) is 20.4 Å². The lowest BCUT2D eigenvalue weighted by molar-refractivity contribution is -0.137. The van der Waals surface area contributed by atoms with E-state index in [1.807, 2.05) is 24.3 Å². The molecule has 1 heterocycles. The molecule has 0 unspecified atom stereocenters. The molecule has 1 saturated heterocycles. The zero-order valence-corrected chi connectivity index (χ0v) is 12.6. The SMILES string of the molecule is C=C(NNC(=O)C(N)=O)c1ccc(N2CCCCCC2)cc1. The Bertz CT molecular complexity index is 546. The van der Waals surface area contributed by atoms with Gasteiger partial charge in [-0.1, -0.05) is 31.6 Å². The van der Waals surface area contributed by atoms with E-state index in [2.05, 4.69) is 22.3 Å². The minimum absolute atomic E-state index is 0.497. The molecule has 0 aromatic heterocycles. The van der Waals surface area contributed by atoms with Crippen LogP contribution in [0.4, 0.5) is 5.69 Å². The molecule has 0 spiro atoms. The number of nitrogens with two attached hydrogens (primary N) is 1. The number of amides is 2. The second-order valence-electron chi connectivity index (χ2n) is 5.37. The smallest absolute Gasteiger partial charge is 0.327 e. The molecule has 2 rings (SSSR count). The standard InChI is InChI=1S/C16H22N4O2/c1-12(18-19-16(22)15(17)21)13-6-8-14(9-7-13)20-10-4-2-3-5-11-20/h6-9,18H,1-5,10-11H2,(H2,17,21)(H,19,22). The third kappa shape index (κ3) is 4.25. The zero-order valence-electron chi connectivity index (χ0n) is 12.6. The van der Waals surface area contributed by atoms with Crippen LogP contribution in [0.25, 0.3) is 5.70 Å². The van der Waals surface area contributed by atoms with Crippen molar-refractivity contribution in [1.82, 2.24) is 10.9 Å². The van der Waals surface area contributed by atoms with Crippen LogP contribution in [0.3, 0.4) is 0 Å². The van der Waals surface area contributed by atoms with E-state index in [0.717, 1.165) is 18.7 Å². The van der Waals surface area contributed by atoms with Crippen LogP contribution < -0.4 is 21.5 Å². The molecule has 0 atom stereocenters. The number of nitrogens with zero attached hydrogens (tertiary/aromatic N) is 1. The van der Waals surface area contributed by atoms with Crippen LogP contribution in [-0.2, 0) is 9.59 Å². The molecule has 6 nitrogen and oxygen atoms in total. The van der Waals surface area contributed by atoms with E-state index in [0.29, 0.717) is 5.70 Å². The molecule has 4 N–H and O–H groups in total. The van der Waals surface area contributed by atoms with Crippen LogP contribution >= 0.6 is 0 Å². The van der Waals surface area contributed by atoms with Crippen molar-refractivity contribution < 1.29 is 9.59 Å². The summed E-state index contributed by atoms with van der Waals surface area (Å²) in [5.41, 5.74) is 12.2. The molecule has 1 aromatic rings. The van der Waals surface area contributed by atoms with Crippen molar-refractivity contribution in [2.45, 2.75) is 25.7 Å². The van der Waals surface area contributed by atoms with E-state index in [9.17, 15) is 9.59 Å². The Morgan fingerprint density at radius 2 is 1.59 bits per heavy atom. The van der Waals surface area contributed by atoms with Crippen molar-refractivity contribution in [1.29, 1.82) is 0 Å². The Hall–Kier alpha value is -2.50. The summed E-state index contributed by atoms with van der Waals surface area (Å²) in [6.07, 6.45) is 5.06. The van der Waals surface area contributed by atoms with E-state index >= 15 is 0 Å². The van der Waals surface area contributed by atoms with Crippen molar-refractivity contribution in [3.63, 3.8) is 0 Å². The first-order valence-corrected chi connectivity index (χ1v) is 7.48. The molecule has 0 aliphatic carbocycles. The van der Waals surface area contributed by atoms with Crippen molar-refractivity contribution in [3.8, 4) is 0 Å². The highest BCUT2D eigenvalue weighted by Crippen LogP contribution is 2.21. The number of benzene rings is 1. The van der Waals surface area contributed by atoms with Gasteiger partial charge in [0.25, 0.3) is 0 Å². The monoisotopic (exact) mass is 302 g/mol. The molecular weight excluding hydrogens is 280 g/mol. The topological polar surface area (TPSA) is 87.5 Å². The predicted octanol–water partition coefficient (Wildman–Crippen LogP) is 1.14. The summed E-state index contributed by atoms with van der Waals surface area (Å²) in [6, 6.07) is 7.96. The maximum absolute atomic E-state index is 11.1. The summed E-state index contributed by atoms with van der Waals surface area (Å²) < 4.78 is 0. The first-order chi connectivity index (χ1) is 10.6. The minimum Gasteiger partial charge on any atom is -0.372 e. The molecule has 0 radical (unpaired) electrons. The average molecular weight is 302 g/mol. The zero-order chi connectivity index (χ0) is 15.9. The predicted molar refractivity (Wildman–Crippen MR) is 86.6 cm³/mol. The van der Waals surface area contributed by atoms with E-state index < -0.39 is 11.8 Å². The fourth-order valence-corrected chi connectivity index (χ4v) is 2.47. The van der Waals surface area contributed by atoms with E-state index in [1.165, 1.54) is 31.4 Å². The maximum atomic E-state index is 11.1. The highest BCUT2D eigenvalue weighted by molar-refractivity contribution is 6.34. The van der Waals surface area contributed by atoms with Gasteiger partial charge in [-0.15, -0.1) is 0 Å². The molecule has 118 valence electrons. The molecule has 1 aromatic carbocycles. The maximum Gasteiger partial charge on any atom is 0.327 e. The number of hydrogen-bond donors (Lipinski definition) is 3. The lowest BCUT2D eigenvalue weighted by atomic mass is 10.1. The Labute approximate surface area is 130 Å². The van der Waals surface area contributed by atoms with Gasteiger partial charge in [0.05, 0.1) is 5.70 Å². The molecule has 1 aliphatic rings.